The molecule has 3 N–H and O–H groups in total. The molecule has 0 saturated heterocycles. The Morgan fingerprint density at radius 2 is 1.97 bits per heavy atom. The highest BCUT2D eigenvalue weighted by molar-refractivity contribution is 6.31. The van der Waals surface area contributed by atoms with Crippen molar-refractivity contribution in [1.29, 1.82) is 0 Å². The second-order valence-corrected chi connectivity index (χ2v) is 7.43. The first-order valence-corrected chi connectivity index (χ1v) is 9.64. The highest BCUT2D eigenvalue weighted by Gasteiger charge is 2.10. The molecule has 3 aromatic heterocycles. The van der Waals surface area contributed by atoms with E-state index in [1.54, 1.807) is 6.20 Å². The molecular weight excluding hydrogens is 388 g/mol. The lowest BCUT2D eigenvalue weighted by atomic mass is 10.1. The average molecular weight is 409 g/mol. The van der Waals surface area contributed by atoms with Gasteiger partial charge in [0, 0.05) is 23.8 Å². The third kappa shape index (κ3) is 4.52. The van der Waals surface area contributed by atoms with Crippen LogP contribution in [0, 0.1) is 13.8 Å². The lowest BCUT2D eigenvalue weighted by Crippen LogP contribution is -2.16. The van der Waals surface area contributed by atoms with Gasteiger partial charge in [0.1, 0.15) is 5.82 Å². The molecule has 29 heavy (non-hydrogen) atoms. The molecule has 0 saturated carbocycles. The van der Waals surface area contributed by atoms with E-state index in [0.717, 1.165) is 33.3 Å². The smallest absolute Gasteiger partial charge is 0.231 e. The van der Waals surface area contributed by atoms with Crippen molar-refractivity contribution in [2.45, 2.75) is 33.4 Å². The molecule has 0 aliphatic rings. The molecule has 0 bridgehead atoms. The summed E-state index contributed by atoms with van der Waals surface area (Å²) in [4.78, 5) is 13.1. The second-order valence-electron chi connectivity index (χ2n) is 6.99. The van der Waals surface area contributed by atoms with E-state index in [1.165, 1.54) is 0 Å². The summed E-state index contributed by atoms with van der Waals surface area (Å²) in [6, 6.07) is 9.78. The van der Waals surface area contributed by atoms with Crippen LogP contribution in [0.2, 0.25) is 5.02 Å². The molecule has 0 aliphatic heterocycles. The summed E-state index contributed by atoms with van der Waals surface area (Å²) in [7, 11) is 0. The summed E-state index contributed by atoms with van der Waals surface area (Å²) in [6.45, 7) is 5.15. The van der Waals surface area contributed by atoms with Crippen LogP contribution in [0.4, 0.5) is 5.82 Å². The van der Waals surface area contributed by atoms with Crippen LogP contribution in [0.5, 0.6) is 0 Å². The number of hydrogen-bond acceptors (Lipinski definition) is 7. The van der Waals surface area contributed by atoms with Crippen LogP contribution in [0.15, 0.2) is 41.1 Å². The van der Waals surface area contributed by atoms with E-state index in [0.29, 0.717) is 42.1 Å². The number of halogens is 1. The van der Waals surface area contributed by atoms with Gasteiger partial charge < -0.3 is 15.6 Å². The van der Waals surface area contributed by atoms with E-state index in [9.17, 15) is 0 Å². The molecule has 3 heterocycles. The first-order valence-electron chi connectivity index (χ1n) is 9.27. The highest BCUT2D eigenvalue weighted by Crippen LogP contribution is 2.20. The van der Waals surface area contributed by atoms with Crippen molar-refractivity contribution >= 4 is 28.3 Å². The average Bonchev–Trinajstić information content (AvgIpc) is 3.10. The van der Waals surface area contributed by atoms with E-state index in [4.69, 9.17) is 21.9 Å². The van der Waals surface area contributed by atoms with Crippen molar-refractivity contribution in [1.82, 2.24) is 25.4 Å². The molecule has 148 valence electrons. The van der Waals surface area contributed by atoms with E-state index in [2.05, 4.69) is 25.4 Å². The number of nitrogens with two attached hydrogens (primary N) is 1. The summed E-state index contributed by atoms with van der Waals surface area (Å²) in [5.41, 5.74) is 10.9. The Morgan fingerprint density at radius 3 is 2.79 bits per heavy atom. The molecule has 0 aliphatic carbocycles. The zero-order valence-electron chi connectivity index (χ0n) is 16.2. The van der Waals surface area contributed by atoms with Gasteiger partial charge in [-0.15, -0.1) is 0 Å². The number of aryl methyl sites for hydroxylation is 2. The number of anilines is 1. The van der Waals surface area contributed by atoms with Crippen LogP contribution in [-0.4, -0.2) is 20.1 Å². The Kier molecular flexibility index (Phi) is 5.42. The third-order valence-corrected chi connectivity index (χ3v) is 4.94. The third-order valence-electron chi connectivity index (χ3n) is 4.74. The number of pyridine rings is 2. The second kappa shape index (κ2) is 8.14. The van der Waals surface area contributed by atoms with Crippen LogP contribution in [0.1, 0.15) is 34.1 Å². The fourth-order valence-electron chi connectivity index (χ4n) is 3.33. The van der Waals surface area contributed by atoms with Crippen molar-refractivity contribution in [3.8, 4) is 0 Å². The number of aromatic nitrogens is 4. The van der Waals surface area contributed by atoms with Crippen LogP contribution < -0.4 is 11.1 Å². The number of fused-ring (bicyclic) bond motifs is 1. The Bertz CT molecular complexity index is 1150. The van der Waals surface area contributed by atoms with Gasteiger partial charge in [-0.1, -0.05) is 22.8 Å². The monoisotopic (exact) mass is 408 g/mol. The zero-order valence-corrected chi connectivity index (χ0v) is 17.0. The number of nitrogens with zero attached hydrogens (tertiary/aromatic N) is 4. The number of benzene rings is 1. The van der Waals surface area contributed by atoms with Crippen LogP contribution in [0.25, 0.3) is 10.9 Å². The maximum absolute atomic E-state index is 6.03. The SMILES string of the molecule is Cc1cc(N)nc(C)c1CNCc1noc(Cc2ccc3ncc(Cl)cc3c2)n1. The van der Waals surface area contributed by atoms with Crippen molar-refractivity contribution in [2.24, 2.45) is 0 Å². The van der Waals surface area contributed by atoms with E-state index < -0.39 is 0 Å². The van der Waals surface area contributed by atoms with E-state index in [-0.39, 0.29) is 0 Å². The molecule has 0 spiro atoms. The topological polar surface area (TPSA) is 103 Å². The fourth-order valence-corrected chi connectivity index (χ4v) is 3.49. The van der Waals surface area contributed by atoms with E-state index in [1.807, 2.05) is 44.2 Å². The van der Waals surface area contributed by atoms with Gasteiger partial charge in [-0.2, -0.15) is 4.98 Å². The predicted octanol–water partition coefficient (Wildman–Crippen LogP) is 3.75. The van der Waals surface area contributed by atoms with Crippen LogP contribution in [-0.2, 0) is 19.5 Å². The molecule has 0 fully saturated rings. The molecule has 0 amide bonds. The van der Waals surface area contributed by atoms with E-state index >= 15 is 0 Å². The highest BCUT2D eigenvalue weighted by atomic mass is 35.5. The quantitative estimate of drug-likeness (QED) is 0.500. The number of rotatable bonds is 6. The maximum atomic E-state index is 6.03. The molecular formula is C21H21ClN6O. The molecule has 4 aromatic rings. The lowest BCUT2D eigenvalue weighted by Gasteiger charge is -2.10. The van der Waals surface area contributed by atoms with Gasteiger partial charge in [0.15, 0.2) is 5.82 Å². The van der Waals surface area contributed by atoms with Gasteiger partial charge in [-0.25, -0.2) is 4.98 Å². The summed E-state index contributed by atoms with van der Waals surface area (Å²) in [5, 5.41) is 9.00. The molecule has 0 atom stereocenters. The van der Waals surface area contributed by atoms with Crippen molar-refractivity contribution < 1.29 is 4.52 Å². The number of nitrogens with one attached hydrogen (secondary N) is 1. The van der Waals surface area contributed by atoms with Crippen molar-refractivity contribution in [3.05, 3.63) is 75.7 Å². The Labute approximate surface area is 173 Å². The molecule has 7 nitrogen and oxygen atoms in total. The molecule has 4 rings (SSSR count). The standard InChI is InChI=1S/C21H21ClN6O/c1-12-5-19(23)26-13(2)17(12)10-24-11-20-27-21(29-28-20)7-14-3-4-18-15(6-14)8-16(22)9-25-18/h3-6,8-9,24H,7,10-11H2,1-2H3,(H2,23,26). The van der Waals surface area contributed by atoms with Gasteiger partial charge in [0.2, 0.25) is 5.89 Å². The maximum Gasteiger partial charge on any atom is 0.231 e. The summed E-state index contributed by atoms with van der Waals surface area (Å²) in [6.07, 6.45) is 2.19. The number of hydrogen-bond donors (Lipinski definition) is 2. The summed E-state index contributed by atoms with van der Waals surface area (Å²) >= 11 is 6.03. The minimum absolute atomic E-state index is 0.504. The minimum Gasteiger partial charge on any atom is -0.384 e. The normalized spacial score (nSPS) is 11.3. The van der Waals surface area contributed by atoms with Crippen LogP contribution in [0.3, 0.4) is 0 Å². The zero-order chi connectivity index (χ0) is 20.4. The first-order chi connectivity index (χ1) is 14.0. The summed E-state index contributed by atoms with van der Waals surface area (Å²) < 4.78 is 5.40. The first kappa shape index (κ1) is 19.3. The van der Waals surface area contributed by atoms with Crippen molar-refractivity contribution in [3.63, 3.8) is 0 Å². The lowest BCUT2D eigenvalue weighted by molar-refractivity contribution is 0.377. The molecule has 0 unspecified atom stereocenters. The van der Waals surface area contributed by atoms with Gasteiger partial charge in [-0.05, 0) is 54.8 Å². The molecule has 1 aromatic carbocycles. The van der Waals surface area contributed by atoms with Gasteiger partial charge in [-0.3, -0.25) is 4.98 Å². The Morgan fingerprint density at radius 1 is 1.10 bits per heavy atom. The predicted molar refractivity (Wildman–Crippen MR) is 113 cm³/mol. The Hall–Kier alpha value is -3.03. The molecule has 8 heteroatoms. The van der Waals surface area contributed by atoms with Crippen LogP contribution >= 0.6 is 11.6 Å². The largest absolute Gasteiger partial charge is 0.384 e. The van der Waals surface area contributed by atoms with Gasteiger partial charge >= 0.3 is 0 Å². The molecule has 0 radical (unpaired) electrons. The Balaban J connectivity index is 1.39. The summed E-state index contributed by atoms with van der Waals surface area (Å²) in [5.74, 6) is 1.72. The minimum atomic E-state index is 0.504. The van der Waals surface area contributed by atoms with Gasteiger partial charge in [0.05, 0.1) is 23.5 Å². The van der Waals surface area contributed by atoms with Gasteiger partial charge in [0.25, 0.3) is 0 Å². The number of nitrogen functional groups attached to an aromatic ring is 1. The fraction of sp³-hybridized carbons (Fsp3) is 0.238. The van der Waals surface area contributed by atoms with Crippen molar-refractivity contribution in [2.75, 3.05) is 5.73 Å².